The van der Waals surface area contributed by atoms with Crippen LogP contribution in [0.2, 0.25) is 5.04 Å². The van der Waals surface area contributed by atoms with Gasteiger partial charge in [-0.2, -0.15) is 0 Å². The van der Waals surface area contributed by atoms with Crippen molar-refractivity contribution in [3.05, 3.63) is 60.7 Å². The van der Waals surface area contributed by atoms with Crippen molar-refractivity contribution in [3.8, 4) is 0 Å². The summed E-state index contributed by atoms with van der Waals surface area (Å²) in [6, 6.07) is 19.1. The van der Waals surface area contributed by atoms with Crippen molar-refractivity contribution in [1.82, 2.24) is 0 Å². The summed E-state index contributed by atoms with van der Waals surface area (Å²) in [6.07, 6.45) is -0.831. The fourth-order valence-corrected chi connectivity index (χ4v) is 7.49. The standard InChI is InChI=1S/C22H28O5Si/c1-16(21(25)27-17(2)20(23)24)15-22(3,4)28(26,18-11-7-5-8-12-18)19-13-9-6-10-14-19/h5-14,16-17,26H,15H2,1-4H3,(H,23,24)/t16-,17+/m1/s1. The summed E-state index contributed by atoms with van der Waals surface area (Å²) in [5, 5.41) is 10.1. The summed E-state index contributed by atoms with van der Waals surface area (Å²) >= 11 is 0. The molecule has 0 fully saturated rings. The molecule has 0 heterocycles. The summed E-state index contributed by atoms with van der Waals surface area (Å²) in [4.78, 5) is 35.4. The Kier molecular flexibility index (Phi) is 6.80. The quantitative estimate of drug-likeness (QED) is 0.526. The van der Waals surface area contributed by atoms with E-state index < -0.39 is 37.3 Å². The van der Waals surface area contributed by atoms with Gasteiger partial charge in [0.2, 0.25) is 0 Å². The number of aliphatic carboxylic acids is 1. The lowest BCUT2D eigenvalue weighted by atomic mass is 9.98. The molecule has 0 aliphatic rings. The number of carboxylic acids is 1. The molecule has 150 valence electrons. The first-order chi connectivity index (χ1) is 13.1. The van der Waals surface area contributed by atoms with Gasteiger partial charge in [-0.05, 0) is 28.8 Å². The molecule has 0 saturated carbocycles. The zero-order valence-electron chi connectivity index (χ0n) is 16.8. The minimum absolute atomic E-state index is 0.366. The lowest BCUT2D eigenvalue weighted by Gasteiger charge is -2.42. The summed E-state index contributed by atoms with van der Waals surface area (Å²) in [7, 11) is -3.22. The number of carboxylic acid groups (broad SMARTS) is 1. The Morgan fingerprint density at radius 1 is 0.964 bits per heavy atom. The van der Waals surface area contributed by atoms with Gasteiger partial charge in [0.05, 0.1) is 5.92 Å². The number of hydrogen-bond donors (Lipinski definition) is 2. The lowest BCUT2D eigenvalue weighted by Crippen LogP contribution is -2.65. The molecular weight excluding hydrogens is 372 g/mol. The molecule has 28 heavy (non-hydrogen) atoms. The summed E-state index contributed by atoms with van der Waals surface area (Å²) in [6.45, 7) is 6.97. The van der Waals surface area contributed by atoms with Crippen molar-refractivity contribution in [2.45, 2.75) is 45.3 Å². The van der Waals surface area contributed by atoms with Gasteiger partial charge in [0.1, 0.15) is 0 Å². The number of esters is 1. The maximum Gasteiger partial charge on any atom is 0.344 e. The van der Waals surface area contributed by atoms with Crippen LogP contribution in [0.4, 0.5) is 0 Å². The van der Waals surface area contributed by atoms with E-state index in [2.05, 4.69) is 0 Å². The van der Waals surface area contributed by atoms with Crippen molar-refractivity contribution in [1.29, 1.82) is 0 Å². The molecule has 0 bridgehead atoms. The van der Waals surface area contributed by atoms with Gasteiger partial charge in [0.15, 0.2) is 6.10 Å². The van der Waals surface area contributed by atoms with Crippen LogP contribution in [0, 0.1) is 5.92 Å². The highest BCUT2D eigenvalue weighted by Gasteiger charge is 2.51. The molecule has 0 aliphatic carbocycles. The molecule has 0 radical (unpaired) electrons. The van der Waals surface area contributed by atoms with Gasteiger partial charge in [-0.25, -0.2) is 4.79 Å². The van der Waals surface area contributed by atoms with Gasteiger partial charge in [-0.1, -0.05) is 81.4 Å². The first-order valence-corrected chi connectivity index (χ1v) is 11.3. The van der Waals surface area contributed by atoms with Crippen LogP contribution < -0.4 is 10.4 Å². The first-order valence-electron chi connectivity index (χ1n) is 9.36. The van der Waals surface area contributed by atoms with E-state index in [9.17, 15) is 14.4 Å². The molecule has 5 nitrogen and oxygen atoms in total. The normalized spacial score (nSPS) is 14.2. The largest absolute Gasteiger partial charge is 0.479 e. The summed E-state index contributed by atoms with van der Waals surface area (Å²) < 4.78 is 5.04. The molecule has 2 N–H and O–H groups in total. The molecule has 0 spiro atoms. The predicted molar refractivity (Wildman–Crippen MR) is 111 cm³/mol. The number of hydrogen-bond acceptors (Lipinski definition) is 4. The Balaban J connectivity index is 2.37. The van der Waals surface area contributed by atoms with Crippen molar-refractivity contribution in [2.24, 2.45) is 5.92 Å². The monoisotopic (exact) mass is 400 g/mol. The van der Waals surface area contributed by atoms with Gasteiger partial charge in [0, 0.05) is 0 Å². The van der Waals surface area contributed by atoms with Gasteiger partial charge < -0.3 is 14.6 Å². The number of benzene rings is 2. The third-order valence-electron chi connectivity index (χ3n) is 5.22. The molecule has 0 amide bonds. The molecule has 2 aromatic rings. The van der Waals surface area contributed by atoms with Gasteiger partial charge in [-0.3, -0.25) is 4.79 Å². The Labute approximate surface area is 167 Å². The smallest absolute Gasteiger partial charge is 0.344 e. The van der Waals surface area contributed by atoms with E-state index in [1.807, 2.05) is 74.5 Å². The molecule has 2 atom stereocenters. The zero-order valence-corrected chi connectivity index (χ0v) is 17.8. The van der Waals surface area contributed by atoms with E-state index in [1.165, 1.54) is 6.92 Å². The minimum atomic E-state index is -3.22. The van der Waals surface area contributed by atoms with Crippen LogP contribution in [0.1, 0.15) is 34.1 Å². The van der Waals surface area contributed by atoms with E-state index in [1.54, 1.807) is 6.92 Å². The van der Waals surface area contributed by atoms with Crippen LogP contribution >= 0.6 is 0 Å². The number of ether oxygens (including phenoxy) is 1. The fourth-order valence-electron chi connectivity index (χ4n) is 3.64. The van der Waals surface area contributed by atoms with E-state index in [0.29, 0.717) is 6.42 Å². The van der Waals surface area contributed by atoms with Crippen LogP contribution in [0.5, 0.6) is 0 Å². The van der Waals surface area contributed by atoms with Crippen molar-refractivity contribution in [2.75, 3.05) is 0 Å². The van der Waals surface area contributed by atoms with Crippen LogP contribution in [0.15, 0.2) is 60.7 Å². The molecule has 0 unspecified atom stereocenters. The maximum absolute atomic E-state index is 12.4. The Hall–Kier alpha value is -2.44. The molecular formula is C22H28O5Si. The summed E-state index contributed by atoms with van der Waals surface area (Å²) in [5.41, 5.74) is 0. The second-order valence-electron chi connectivity index (χ2n) is 7.85. The van der Waals surface area contributed by atoms with Crippen LogP contribution in [-0.2, 0) is 14.3 Å². The van der Waals surface area contributed by atoms with Crippen LogP contribution in [-0.4, -0.2) is 36.3 Å². The number of rotatable bonds is 8. The van der Waals surface area contributed by atoms with Crippen molar-refractivity contribution < 1.29 is 24.2 Å². The molecule has 2 rings (SSSR count). The molecule has 2 aromatic carbocycles. The SMILES string of the molecule is C[C@H](CC(C)(C)[Si](O)(c1ccccc1)c1ccccc1)C(=O)O[C@@H](C)C(=O)O. The molecule has 0 saturated heterocycles. The third kappa shape index (κ3) is 4.51. The molecule has 0 aromatic heterocycles. The van der Waals surface area contributed by atoms with Crippen LogP contribution in [0.3, 0.4) is 0 Å². The van der Waals surface area contributed by atoms with Gasteiger partial charge in [-0.15, -0.1) is 0 Å². The van der Waals surface area contributed by atoms with Gasteiger partial charge >= 0.3 is 11.9 Å². The average Bonchev–Trinajstić information content (AvgIpc) is 2.68. The molecule has 6 heteroatoms. The number of carbonyl (C=O) groups excluding carboxylic acids is 1. The van der Waals surface area contributed by atoms with Crippen molar-refractivity contribution >= 4 is 30.6 Å². The lowest BCUT2D eigenvalue weighted by molar-refractivity contribution is -0.165. The van der Waals surface area contributed by atoms with E-state index >= 15 is 0 Å². The Morgan fingerprint density at radius 2 is 1.39 bits per heavy atom. The Morgan fingerprint density at radius 3 is 1.79 bits per heavy atom. The minimum Gasteiger partial charge on any atom is -0.479 e. The van der Waals surface area contributed by atoms with Crippen molar-refractivity contribution in [3.63, 3.8) is 0 Å². The third-order valence-corrected chi connectivity index (χ3v) is 9.72. The van der Waals surface area contributed by atoms with E-state index in [0.717, 1.165) is 10.4 Å². The second kappa shape index (κ2) is 8.71. The maximum atomic E-state index is 12.4. The summed E-state index contributed by atoms with van der Waals surface area (Å²) in [5.74, 6) is -2.30. The Bertz CT molecular complexity index is 765. The number of carbonyl (C=O) groups is 2. The average molecular weight is 401 g/mol. The second-order valence-corrected chi connectivity index (χ2v) is 11.8. The topological polar surface area (TPSA) is 83.8 Å². The van der Waals surface area contributed by atoms with E-state index in [-0.39, 0.29) is 0 Å². The first kappa shape index (κ1) is 21.9. The fraction of sp³-hybridized carbons (Fsp3) is 0.364. The zero-order chi connectivity index (χ0) is 20.9. The highest BCUT2D eigenvalue weighted by molar-refractivity contribution is 6.98. The van der Waals surface area contributed by atoms with E-state index in [4.69, 9.17) is 9.84 Å². The predicted octanol–water partition coefficient (Wildman–Crippen LogP) is 2.56. The van der Waals surface area contributed by atoms with Crippen LogP contribution in [0.25, 0.3) is 0 Å². The highest BCUT2D eigenvalue weighted by Crippen LogP contribution is 2.41. The van der Waals surface area contributed by atoms with Gasteiger partial charge in [0.25, 0.3) is 8.32 Å². The molecule has 0 aliphatic heterocycles. The highest BCUT2D eigenvalue weighted by atomic mass is 28.4.